The molecule has 2 amide bonds. The van der Waals surface area contributed by atoms with Gasteiger partial charge in [0.05, 0.1) is 26.7 Å². The number of methoxy groups -OCH3 is 3. The molecule has 2 aromatic carbocycles. The Morgan fingerprint density at radius 2 is 1.81 bits per heavy atom. The summed E-state index contributed by atoms with van der Waals surface area (Å²) in [5.74, 6) is 0.385. The molecule has 7 nitrogen and oxygen atoms in total. The molecule has 0 radical (unpaired) electrons. The van der Waals surface area contributed by atoms with Crippen molar-refractivity contribution in [2.75, 3.05) is 47.6 Å². The molecule has 2 atom stereocenters. The summed E-state index contributed by atoms with van der Waals surface area (Å²) in [5.41, 5.74) is 1.40. The van der Waals surface area contributed by atoms with E-state index in [4.69, 9.17) is 25.8 Å². The lowest BCUT2D eigenvalue weighted by atomic mass is 9.87. The molecule has 1 N–H and O–H groups in total. The third-order valence-corrected chi connectivity index (χ3v) is 5.73. The van der Waals surface area contributed by atoms with Crippen LogP contribution in [0.25, 0.3) is 0 Å². The molecule has 0 saturated carbocycles. The van der Waals surface area contributed by atoms with E-state index in [0.29, 0.717) is 48.3 Å². The Morgan fingerprint density at radius 3 is 2.45 bits per heavy atom. The van der Waals surface area contributed by atoms with Gasteiger partial charge in [0.15, 0.2) is 0 Å². The number of nitrogens with zero attached hydrogens (tertiary/aromatic N) is 1. The Hall–Kier alpha value is -2.77. The molecule has 1 aliphatic heterocycles. The van der Waals surface area contributed by atoms with Crippen molar-refractivity contribution in [1.29, 1.82) is 0 Å². The van der Waals surface area contributed by atoms with Crippen LogP contribution in [0.5, 0.6) is 11.5 Å². The van der Waals surface area contributed by atoms with E-state index in [-0.39, 0.29) is 17.7 Å². The number of carbonyl (C=O) groups is 2. The van der Waals surface area contributed by atoms with E-state index in [1.165, 1.54) is 0 Å². The van der Waals surface area contributed by atoms with Gasteiger partial charge in [-0.15, -0.1) is 0 Å². The number of nitrogens with one attached hydrogen (secondary N) is 1. The molecule has 2 aromatic rings. The van der Waals surface area contributed by atoms with Gasteiger partial charge >= 0.3 is 0 Å². The minimum atomic E-state index is -0.421. The van der Waals surface area contributed by atoms with Crippen LogP contribution in [-0.4, -0.2) is 64.3 Å². The quantitative estimate of drug-likeness (QED) is 0.631. The van der Waals surface area contributed by atoms with Crippen molar-refractivity contribution < 1.29 is 23.8 Å². The molecule has 0 aliphatic carbocycles. The largest absolute Gasteiger partial charge is 0.497 e. The van der Waals surface area contributed by atoms with Crippen molar-refractivity contribution in [1.82, 2.24) is 10.2 Å². The van der Waals surface area contributed by atoms with Gasteiger partial charge in [-0.25, -0.2) is 0 Å². The van der Waals surface area contributed by atoms with Crippen LogP contribution in [0.4, 0.5) is 0 Å². The van der Waals surface area contributed by atoms with Gasteiger partial charge in [-0.2, -0.15) is 0 Å². The number of hydrogen-bond acceptors (Lipinski definition) is 5. The van der Waals surface area contributed by atoms with Crippen LogP contribution in [-0.2, 0) is 9.53 Å². The third kappa shape index (κ3) is 5.29. The predicted octanol–water partition coefficient (Wildman–Crippen LogP) is 2.98. The van der Waals surface area contributed by atoms with Crippen LogP contribution in [0.3, 0.4) is 0 Å². The molecule has 1 aliphatic rings. The number of halogens is 1. The Labute approximate surface area is 187 Å². The van der Waals surface area contributed by atoms with Crippen LogP contribution >= 0.6 is 11.6 Å². The van der Waals surface area contributed by atoms with Gasteiger partial charge in [-0.1, -0.05) is 17.7 Å². The van der Waals surface area contributed by atoms with Gasteiger partial charge in [-0.3, -0.25) is 9.59 Å². The van der Waals surface area contributed by atoms with E-state index in [1.807, 2.05) is 12.1 Å². The Bertz CT molecular complexity index is 919. The highest BCUT2D eigenvalue weighted by molar-refractivity contribution is 6.30. The minimum Gasteiger partial charge on any atom is -0.497 e. The lowest BCUT2D eigenvalue weighted by Crippen LogP contribution is -2.37. The van der Waals surface area contributed by atoms with Gasteiger partial charge < -0.3 is 24.4 Å². The Morgan fingerprint density at radius 1 is 1.06 bits per heavy atom. The first-order valence-corrected chi connectivity index (χ1v) is 10.4. The van der Waals surface area contributed by atoms with E-state index in [0.717, 1.165) is 5.56 Å². The van der Waals surface area contributed by atoms with Crippen molar-refractivity contribution in [3.63, 3.8) is 0 Å². The number of rotatable bonds is 8. The average Bonchev–Trinajstić information content (AvgIpc) is 3.24. The van der Waals surface area contributed by atoms with Crippen molar-refractivity contribution in [3.8, 4) is 11.5 Å². The summed E-state index contributed by atoms with van der Waals surface area (Å²) in [6.45, 7) is 1.53. The van der Waals surface area contributed by atoms with Crippen molar-refractivity contribution in [2.45, 2.75) is 5.92 Å². The maximum atomic E-state index is 13.1. The third-order valence-electron chi connectivity index (χ3n) is 5.48. The van der Waals surface area contributed by atoms with E-state index >= 15 is 0 Å². The molecule has 31 heavy (non-hydrogen) atoms. The maximum absolute atomic E-state index is 13.1. The van der Waals surface area contributed by atoms with Gasteiger partial charge in [0, 0.05) is 54.9 Å². The van der Waals surface area contributed by atoms with Gasteiger partial charge in [0.25, 0.3) is 5.91 Å². The molecule has 2 unspecified atom stereocenters. The van der Waals surface area contributed by atoms with Gasteiger partial charge in [0.2, 0.25) is 5.91 Å². The van der Waals surface area contributed by atoms with Gasteiger partial charge in [0.1, 0.15) is 11.5 Å². The molecule has 1 fully saturated rings. The van der Waals surface area contributed by atoms with Crippen molar-refractivity contribution in [2.24, 2.45) is 5.92 Å². The first kappa shape index (κ1) is 22.9. The molecule has 1 heterocycles. The second-order valence-electron chi connectivity index (χ2n) is 7.32. The van der Waals surface area contributed by atoms with E-state index in [1.54, 1.807) is 56.6 Å². The van der Waals surface area contributed by atoms with Crippen LogP contribution in [0.1, 0.15) is 21.8 Å². The summed E-state index contributed by atoms with van der Waals surface area (Å²) in [6, 6.07) is 12.3. The summed E-state index contributed by atoms with van der Waals surface area (Å²) in [6.07, 6.45) is 0. The first-order chi connectivity index (χ1) is 15.0. The number of ether oxygens (including phenoxy) is 3. The Kier molecular flexibility index (Phi) is 7.76. The molecular weight excluding hydrogens is 420 g/mol. The molecule has 3 rings (SSSR count). The molecule has 0 bridgehead atoms. The SMILES string of the molecule is COCCNC(=O)C1CN(C(=O)c2ccc(Cl)cc2)CC1c1ccc(OC)cc1OC. The number of carbonyl (C=O) groups excluding carboxylic acids is 2. The zero-order chi connectivity index (χ0) is 22.4. The minimum absolute atomic E-state index is 0.119. The smallest absolute Gasteiger partial charge is 0.253 e. The number of benzene rings is 2. The monoisotopic (exact) mass is 446 g/mol. The lowest BCUT2D eigenvalue weighted by molar-refractivity contribution is -0.125. The second-order valence-corrected chi connectivity index (χ2v) is 7.76. The van der Waals surface area contributed by atoms with Crippen LogP contribution in [0.15, 0.2) is 42.5 Å². The van der Waals surface area contributed by atoms with Gasteiger partial charge in [-0.05, 0) is 30.3 Å². The van der Waals surface area contributed by atoms with Crippen molar-refractivity contribution >= 4 is 23.4 Å². The predicted molar refractivity (Wildman–Crippen MR) is 118 cm³/mol. The fourth-order valence-corrected chi connectivity index (χ4v) is 3.98. The average molecular weight is 447 g/mol. The highest BCUT2D eigenvalue weighted by Crippen LogP contribution is 2.39. The van der Waals surface area contributed by atoms with Crippen LogP contribution in [0, 0.1) is 5.92 Å². The molecular formula is C23H27ClN2O5. The zero-order valence-electron chi connectivity index (χ0n) is 17.9. The number of hydrogen-bond donors (Lipinski definition) is 1. The molecule has 0 aromatic heterocycles. The Balaban J connectivity index is 1.89. The first-order valence-electron chi connectivity index (χ1n) is 10.0. The summed E-state index contributed by atoms with van der Waals surface area (Å²) in [7, 11) is 4.75. The maximum Gasteiger partial charge on any atom is 0.253 e. The fraction of sp³-hybridized carbons (Fsp3) is 0.391. The summed E-state index contributed by atoms with van der Waals surface area (Å²) in [4.78, 5) is 27.8. The summed E-state index contributed by atoms with van der Waals surface area (Å²) >= 11 is 5.95. The summed E-state index contributed by atoms with van der Waals surface area (Å²) in [5, 5.41) is 3.47. The van der Waals surface area contributed by atoms with Crippen molar-refractivity contribution in [3.05, 3.63) is 58.6 Å². The van der Waals surface area contributed by atoms with E-state index < -0.39 is 5.92 Å². The van der Waals surface area contributed by atoms with E-state index in [2.05, 4.69) is 5.32 Å². The second kappa shape index (κ2) is 10.5. The molecule has 8 heteroatoms. The number of likely N-dealkylation sites (tertiary alicyclic amines) is 1. The molecule has 1 saturated heterocycles. The normalized spacial score (nSPS) is 18.0. The highest BCUT2D eigenvalue weighted by atomic mass is 35.5. The molecule has 166 valence electrons. The van der Waals surface area contributed by atoms with Crippen LogP contribution < -0.4 is 14.8 Å². The topological polar surface area (TPSA) is 77.1 Å². The highest BCUT2D eigenvalue weighted by Gasteiger charge is 2.41. The molecule has 0 spiro atoms. The fourth-order valence-electron chi connectivity index (χ4n) is 3.86. The zero-order valence-corrected chi connectivity index (χ0v) is 18.6. The van der Waals surface area contributed by atoms with E-state index in [9.17, 15) is 9.59 Å². The van der Waals surface area contributed by atoms with Crippen LogP contribution in [0.2, 0.25) is 5.02 Å². The lowest BCUT2D eigenvalue weighted by Gasteiger charge is -2.21. The summed E-state index contributed by atoms with van der Waals surface area (Å²) < 4.78 is 15.9. The number of amides is 2. The standard InChI is InChI=1S/C23H27ClN2O5/c1-29-11-10-25-22(27)20-14-26(23(28)15-4-6-16(24)7-5-15)13-19(20)18-9-8-17(30-2)12-21(18)31-3/h4-9,12,19-20H,10-11,13-14H2,1-3H3,(H,25,27).